The number of rotatable bonds is 9. The van der Waals surface area contributed by atoms with Crippen LogP contribution in [0.5, 0.6) is 5.75 Å². The Morgan fingerprint density at radius 1 is 1.29 bits per heavy atom. The van der Waals surface area contributed by atoms with Crippen molar-refractivity contribution in [2.75, 3.05) is 26.2 Å². The quantitative estimate of drug-likeness (QED) is 0.706. The number of nitrogens with zero attached hydrogens (tertiary/aromatic N) is 2. The molecule has 0 unspecified atom stereocenters. The van der Waals surface area contributed by atoms with Gasteiger partial charge in [0, 0.05) is 32.6 Å². The summed E-state index contributed by atoms with van der Waals surface area (Å²) in [6.07, 6.45) is 0.519. The van der Waals surface area contributed by atoms with Gasteiger partial charge >= 0.3 is 0 Å². The number of benzene rings is 1. The molecule has 0 bridgehead atoms. The molecule has 0 saturated carbocycles. The van der Waals surface area contributed by atoms with Crippen LogP contribution in [0.25, 0.3) is 0 Å². The predicted octanol–water partition coefficient (Wildman–Crippen LogP) is 1.94. The molecule has 0 atom stereocenters. The molecular weight excluding hydrogens is 266 g/mol. The van der Waals surface area contributed by atoms with E-state index in [9.17, 15) is 4.79 Å². The maximum atomic E-state index is 11.8. The number of hydrogen-bond acceptors (Lipinski definition) is 4. The number of hydrogen-bond donors (Lipinski definition) is 1. The summed E-state index contributed by atoms with van der Waals surface area (Å²) in [6.45, 7) is 6.95. The second-order valence-electron chi connectivity index (χ2n) is 4.58. The van der Waals surface area contributed by atoms with Crippen LogP contribution in [0.1, 0.15) is 25.8 Å². The maximum absolute atomic E-state index is 11.8. The highest BCUT2D eigenvalue weighted by Crippen LogP contribution is 2.11. The summed E-state index contributed by atoms with van der Waals surface area (Å²) in [5, 5.41) is 11.7. The van der Waals surface area contributed by atoms with Crippen molar-refractivity contribution in [3.05, 3.63) is 29.8 Å². The SMILES string of the molecule is CCN(CC)C(=O)CCNCc1ccc(OCC#N)cc1. The van der Waals surface area contributed by atoms with E-state index in [1.165, 1.54) is 0 Å². The number of nitrogens with one attached hydrogen (secondary N) is 1. The molecule has 0 heterocycles. The van der Waals surface area contributed by atoms with Gasteiger partial charge in [-0.1, -0.05) is 12.1 Å². The Morgan fingerprint density at radius 3 is 2.52 bits per heavy atom. The van der Waals surface area contributed by atoms with E-state index in [1.54, 1.807) is 0 Å². The molecule has 5 nitrogen and oxygen atoms in total. The molecule has 1 amide bonds. The van der Waals surface area contributed by atoms with Crippen LogP contribution >= 0.6 is 0 Å². The van der Waals surface area contributed by atoms with Gasteiger partial charge in [0.15, 0.2) is 6.61 Å². The van der Waals surface area contributed by atoms with Crippen LogP contribution in [0.3, 0.4) is 0 Å². The molecular formula is C16H23N3O2. The summed E-state index contributed by atoms with van der Waals surface area (Å²) < 4.78 is 5.19. The lowest BCUT2D eigenvalue weighted by molar-refractivity contribution is -0.130. The number of nitriles is 1. The zero-order valence-electron chi connectivity index (χ0n) is 12.8. The van der Waals surface area contributed by atoms with Gasteiger partial charge in [0.1, 0.15) is 11.8 Å². The van der Waals surface area contributed by atoms with Crippen molar-refractivity contribution < 1.29 is 9.53 Å². The lowest BCUT2D eigenvalue weighted by Crippen LogP contribution is -2.32. The van der Waals surface area contributed by atoms with Gasteiger partial charge in [0.05, 0.1) is 0 Å². The molecule has 0 aliphatic rings. The summed E-state index contributed by atoms with van der Waals surface area (Å²) in [7, 11) is 0. The first-order valence-electron chi connectivity index (χ1n) is 7.28. The fourth-order valence-corrected chi connectivity index (χ4v) is 1.98. The first-order valence-corrected chi connectivity index (χ1v) is 7.28. The molecule has 0 radical (unpaired) electrons. The van der Waals surface area contributed by atoms with Crippen LogP contribution in [0.4, 0.5) is 0 Å². The monoisotopic (exact) mass is 289 g/mol. The van der Waals surface area contributed by atoms with E-state index >= 15 is 0 Å². The van der Waals surface area contributed by atoms with Gasteiger partial charge in [-0.2, -0.15) is 5.26 Å². The molecule has 0 fully saturated rings. The van der Waals surface area contributed by atoms with Gasteiger partial charge in [-0.25, -0.2) is 0 Å². The van der Waals surface area contributed by atoms with E-state index in [0.29, 0.717) is 25.3 Å². The minimum Gasteiger partial charge on any atom is -0.479 e. The van der Waals surface area contributed by atoms with Gasteiger partial charge in [0.2, 0.25) is 5.91 Å². The molecule has 1 aromatic carbocycles. The van der Waals surface area contributed by atoms with E-state index in [2.05, 4.69) is 5.32 Å². The molecule has 0 saturated heterocycles. The third-order valence-corrected chi connectivity index (χ3v) is 3.19. The molecule has 1 aromatic rings. The Balaban J connectivity index is 2.26. The number of carbonyl (C=O) groups excluding carboxylic acids is 1. The Labute approximate surface area is 126 Å². The van der Waals surface area contributed by atoms with Crippen molar-refractivity contribution in [3.63, 3.8) is 0 Å². The third kappa shape index (κ3) is 6.28. The maximum Gasteiger partial charge on any atom is 0.223 e. The average molecular weight is 289 g/mol. The molecule has 114 valence electrons. The third-order valence-electron chi connectivity index (χ3n) is 3.19. The van der Waals surface area contributed by atoms with Crippen LogP contribution < -0.4 is 10.1 Å². The van der Waals surface area contributed by atoms with Crippen LogP contribution in [-0.2, 0) is 11.3 Å². The first kappa shape index (κ1) is 17.0. The summed E-state index contributed by atoms with van der Waals surface area (Å²) in [4.78, 5) is 13.6. The predicted molar refractivity (Wildman–Crippen MR) is 81.8 cm³/mol. The summed E-state index contributed by atoms with van der Waals surface area (Å²) in [5.41, 5.74) is 1.12. The first-order chi connectivity index (χ1) is 10.2. The van der Waals surface area contributed by atoms with E-state index in [-0.39, 0.29) is 12.5 Å². The Bertz CT molecular complexity index is 461. The molecule has 0 spiro atoms. The van der Waals surface area contributed by atoms with Gasteiger partial charge in [-0.15, -0.1) is 0 Å². The fourth-order valence-electron chi connectivity index (χ4n) is 1.98. The van der Waals surface area contributed by atoms with Crippen molar-refractivity contribution in [1.82, 2.24) is 10.2 Å². The molecule has 21 heavy (non-hydrogen) atoms. The van der Waals surface area contributed by atoms with Crippen molar-refractivity contribution in [3.8, 4) is 11.8 Å². The standard InChI is InChI=1S/C16H23N3O2/c1-3-19(4-2)16(20)9-11-18-13-14-5-7-15(8-6-14)21-12-10-17/h5-8,18H,3-4,9,11-13H2,1-2H3. The van der Waals surface area contributed by atoms with Gasteiger partial charge < -0.3 is 15.0 Å². The topological polar surface area (TPSA) is 65.4 Å². The van der Waals surface area contributed by atoms with E-state index in [4.69, 9.17) is 10.00 Å². The molecule has 1 N–H and O–H groups in total. The van der Waals surface area contributed by atoms with Crippen molar-refractivity contribution in [2.24, 2.45) is 0 Å². The highest BCUT2D eigenvalue weighted by molar-refractivity contribution is 5.76. The van der Waals surface area contributed by atoms with Crippen molar-refractivity contribution in [2.45, 2.75) is 26.8 Å². The largest absolute Gasteiger partial charge is 0.479 e. The second-order valence-corrected chi connectivity index (χ2v) is 4.58. The zero-order valence-corrected chi connectivity index (χ0v) is 12.8. The van der Waals surface area contributed by atoms with Gasteiger partial charge in [0.25, 0.3) is 0 Å². The summed E-state index contributed by atoms with van der Waals surface area (Å²) >= 11 is 0. The van der Waals surface area contributed by atoms with Gasteiger partial charge in [-0.3, -0.25) is 4.79 Å². The highest BCUT2D eigenvalue weighted by Gasteiger charge is 2.08. The lowest BCUT2D eigenvalue weighted by atomic mass is 10.2. The molecule has 0 aliphatic heterocycles. The van der Waals surface area contributed by atoms with E-state index in [0.717, 1.165) is 18.7 Å². The van der Waals surface area contributed by atoms with Crippen molar-refractivity contribution in [1.29, 1.82) is 5.26 Å². The normalized spacial score (nSPS) is 9.95. The Kier molecular flexibility index (Phi) is 7.92. The summed E-state index contributed by atoms with van der Waals surface area (Å²) in [6, 6.07) is 9.52. The number of ether oxygens (including phenoxy) is 1. The number of amides is 1. The summed E-state index contributed by atoms with van der Waals surface area (Å²) in [5.74, 6) is 0.879. The zero-order chi connectivity index (χ0) is 15.5. The smallest absolute Gasteiger partial charge is 0.223 e. The van der Waals surface area contributed by atoms with Crippen LogP contribution in [0.2, 0.25) is 0 Å². The molecule has 1 rings (SSSR count). The van der Waals surface area contributed by atoms with Crippen LogP contribution in [0, 0.1) is 11.3 Å². The lowest BCUT2D eigenvalue weighted by Gasteiger charge is -2.18. The minimum atomic E-state index is 0.0606. The molecule has 0 aliphatic carbocycles. The fraction of sp³-hybridized carbons (Fsp3) is 0.500. The van der Waals surface area contributed by atoms with E-state index < -0.39 is 0 Å². The Morgan fingerprint density at radius 2 is 1.95 bits per heavy atom. The minimum absolute atomic E-state index is 0.0606. The van der Waals surface area contributed by atoms with Gasteiger partial charge in [-0.05, 0) is 31.5 Å². The van der Waals surface area contributed by atoms with Crippen molar-refractivity contribution >= 4 is 5.91 Å². The highest BCUT2D eigenvalue weighted by atomic mass is 16.5. The molecule has 0 aromatic heterocycles. The van der Waals surface area contributed by atoms with Crippen LogP contribution in [0.15, 0.2) is 24.3 Å². The van der Waals surface area contributed by atoms with E-state index in [1.807, 2.05) is 49.1 Å². The Hall–Kier alpha value is -2.06. The van der Waals surface area contributed by atoms with Crippen LogP contribution in [-0.4, -0.2) is 37.0 Å². The average Bonchev–Trinajstić information content (AvgIpc) is 2.52. The second kappa shape index (κ2) is 9.78. The number of carbonyl (C=O) groups is 1. The molecule has 5 heteroatoms.